The molecular formula is C22H19ClN6. The maximum absolute atomic E-state index is 6.43. The average Bonchev–Trinajstić information content (AvgIpc) is 2.79. The van der Waals surface area contributed by atoms with Crippen LogP contribution in [0.1, 0.15) is 0 Å². The van der Waals surface area contributed by atoms with Crippen molar-refractivity contribution in [3.8, 4) is 11.3 Å². The Morgan fingerprint density at radius 2 is 1.38 bits per heavy atom. The SMILES string of the molecule is Clc1nc2ccccc2nc1N1CCN(c2cc(-c3ccccc3)ncn2)CC1. The number of fused-ring (bicyclic) bond motifs is 1. The zero-order chi connectivity index (χ0) is 19.6. The summed E-state index contributed by atoms with van der Waals surface area (Å²) in [7, 11) is 0. The van der Waals surface area contributed by atoms with E-state index in [-0.39, 0.29) is 0 Å². The zero-order valence-corrected chi connectivity index (χ0v) is 16.5. The predicted molar refractivity (Wildman–Crippen MR) is 116 cm³/mol. The molecule has 1 aliphatic rings. The number of nitrogens with zero attached hydrogens (tertiary/aromatic N) is 6. The van der Waals surface area contributed by atoms with E-state index < -0.39 is 0 Å². The van der Waals surface area contributed by atoms with Gasteiger partial charge in [0.15, 0.2) is 11.0 Å². The quantitative estimate of drug-likeness (QED) is 0.515. The van der Waals surface area contributed by atoms with Crippen LogP contribution >= 0.6 is 11.6 Å². The monoisotopic (exact) mass is 402 g/mol. The van der Waals surface area contributed by atoms with Crippen LogP contribution in [0.25, 0.3) is 22.3 Å². The van der Waals surface area contributed by atoms with Crippen LogP contribution in [-0.2, 0) is 0 Å². The fraction of sp³-hybridized carbons (Fsp3) is 0.182. The zero-order valence-electron chi connectivity index (χ0n) is 15.7. The van der Waals surface area contributed by atoms with Gasteiger partial charge in [-0.1, -0.05) is 54.1 Å². The van der Waals surface area contributed by atoms with Gasteiger partial charge in [0, 0.05) is 37.8 Å². The lowest BCUT2D eigenvalue weighted by Gasteiger charge is -2.36. The number of piperazine rings is 1. The van der Waals surface area contributed by atoms with Gasteiger partial charge in [0.05, 0.1) is 16.7 Å². The van der Waals surface area contributed by atoms with Gasteiger partial charge in [0.2, 0.25) is 0 Å². The molecule has 0 radical (unpaired) electrons. The lowest BCUT2D eigenvalue weighted by molar-refractivity contribution is 0.641. The third-order valence-electron chi connectivity index (χ3n) is 5.14. The first-order valence-electron chi connectivity index (χ1n) is 9.57. The highest BCUT2D eigenvalue weighted by atomic mass is 35.5. The van der Waals surface area contributed by atoms with Gasteiger partial charge in [-0.15, -0.1) is 0 Å². The van der Waals surface area contributed by atoms with Crippen LogP contribution in [0.5, 0.6) is 0 Å². The number of aromatic nitrogens is 4. The third-order valence-corrected chi connectivity index (χ3v) is 5.39. The molecule has 29 heavy (non-hydrogen) atoms. The largest absolute Gasteiger partial charge is 0.353 e. The highest BCUT2D eigenvalue weighted by Gasteiger charge is 2.22. The van der Waals surface area contributed by atoms with Crippen molar-refractivity contribution in [3.05, 3.63) is 72.1 Å². The van der Waals surface area contributed by atoms with Crippen molar-refractivity contribution in [3.63, 3.8) is 0 Å². The van der Waals surface area contributed by atoms with Gasteiger partial charge < -0.3 is 9.80 Å². The third kappa shape index (κ3) is 3.59. The highest BCUT2D eigenvalue weighted by molar-refractivity contribution is 6.32. The summed E-state index contributed by atoms with van der Waals surface area (Å²) in [6.45, 7) is 3.26. The molecule has 3 heterocycles. The molecular weight excluding hydrogens is 384 g/mol. The van der Waals surface area contributed by atoms with E-state index in [2.05, 4.69) is 36.9 Å². The Bertz CT molecular complexity index is 1140. The predicted octanol–water partition coefficient (Wildman–Crippen LogP) is 4.07. The van der Waals surface area contributed by atoms with Crippen molar-refractivity contribution < 1.29 is 0 Å². The van der Waals surface area contributed by atoms with Crippen molar-refractivity contribution in [1.82, 2.24) is 19.9 Å². The molecule has 6 nitrogen and oxygen atoms in total. The molecule has 0 saturated carbocycles. The first-order valence-corrected chi connectivity index (χ1v) is 9.95. The lowest BCUT2D eigenvalue weighted by Crippen LogP contribution is -2.47. The first-order chi connectivity index (χ1) is 14.3. The van der Waals surface area contributed by atoms with Crippen molar-refractivity contribution in [2.75, 3.05) is 36.0 Å². The first kappa shape index (κ1) is 17.8. The average molecular weight is 403 g/mol. The number of hydrogen-bond acceptors (Lipinski definition) is 6. The van der Waals surface area contributed by atoms with E-state index in [1.54, 1.807) is 6.33 Å². The summed E-state index contributed by atoms with van der Waals surface area (Å²) >= 11 is 6.43. The molecule has 0 amide bonds. The summed E-state index contributed by atoms with van der Waals surface area (Å²) < 4.78 is 0. The van der Waals surface area contributed by atoms with E-state index >= 15 is 0 Å². The Morgan fingerprint density at radius 1 is 0.724 bits per heavy atom. The van der Waals surface area contributed by atoms with Crippen molar-refractivity contribution in [2.45, 2.75) is 0 Å². The molecule has 2 aromatic carbocycles. The molecule has 0 aliphatic carbocycles. The van der Waals surface area contributed by atoms with Crippen LogP contribution in [0.15, 0.2) is 67.0 Å². The van der Waals surface area contributed by atoms with Gasteiger partial charge in [-0.3, -0.25) is 0 Å². The topological polar surface area (TPSA) is 58.0 Å². The maximum Gasteiger partial charge on any atom is 0.172 e. The molecule has 1 saturated heterocycles. The molecule has 0 atom stereocenters. The van der Waals surface area contributed by atoms with E-state index in [1.165, 1.54) is 0 Å². The van der Waals surface area contributed by atoms with Crippen molar-refractivity contribution in [1.29, 1.82) is 0 Å². The molecule has 1 aliphatic heterocycles. The van der Waals surface area contributed by atoms with Gasteiger partial charge in [-0.05, 0) is 12.1 Å². The fourth-order valence-electron chi connectivity index (χ4n) is 3.60. The summed E-state index contributed by atoms with van der Waals surface area (Å²) in [6, 6.07) is 20.0. The minimum atomic E-state index is 0.450. The van der Waals surface area contributed by atoms with E-state index in [0.717, 1.165) is 60.1 Å². The van der Waals surface area contributed by atoms with Gasteiger partial charge in [0.25, 0.3) is 0 Å². The van der Waals surface area contributed by atoms with E-state index in [0.29, 0.717) is 5.15 Å². The number of halogens is 1. The van der Waals surface area contributed by atoms with Crippen LogP contribution in [0.2, 0.25) is 5.15 Å². The molecule has 1 fully saturated rings. The summed E-state index contributed by atoms with van der Waals surface area (Å²) in [6.07, 6.45) is 1.63. The van der Waals surface area contributed by atoms with E-state index in [1.807, 2.05) is 48.5 Å². The lowest BCUT2D eigenvalue weighted by atomic mass is 10.1. The molecule has 7 heteroatoms. The van der Waals surface area contributed by atoms with Crippen LogP contribution in [0, 0.1) is 0 Å². The van der Waals surface area contributed by atoms with Gasteiger partial charge in [-0.2, -0.15) is 0 Å². The van der Waals surface area contributed by atoms with Crippen LogP contribution in [-0.4, -0.2) is 46.1 Å². The molecule has 4 aromatic rings. The maximum atomic E-state index is 6.43. The second kappa shape index (κ2) is 7.64. The number of benzene rings is 2. The summed E-state index contributed by atoms with van der Waals surface area (Å²) in [4.78, 5) is 22.6. The summed E-state index contributed by atoms with van der Waals surface area (Å²) in [5.41, 5.74) is 3.70. The fourth-order valence-corrected chi connectivity index (χ4v) is 3.86. The molecule has 5 rings (SSSR count). The molecule has 144 valence electrons. The van der Waals surface area contributed by atoms with Crippen molar-refractivity contribution in [2.24, 2.45) is 0 Å². The minimum Gasteiger partial charge on any atom is -0.353 e. The molecule has 0 N–H and O–H groups in total. The van der Waals surface area contributed by atoms with Crippen molar-refractivity contribution >= 4 is 34.3 Å². The molecule has 0 spiro atoms. The Labute approximate surface area is 173 Å². The molecule has 0 bridgehead atoms. The number of anilines is 2. The Hall–Kier alpha value is -3.25. The Balaban J connectivity index is 1.34. The number of rotatable bonds is 3. The highest BCUT2D eigenvalue weighted by Crippen LogP contribution is 2.27. The normalized spacial score (nSPS) is 14.4. The van der Waals surface area contributed by atoms with Crippen LogP contribution < -0.4 is 9.80 Å². The van der Waals surface area contributed by atoms with Gasteiger partial charge in [0.1, 0.15) is 12.1 Å². The summed E-state index contributed by atoms with van der Waals surface area (Å²) in [5, 5.41) is 0.450. The molecule has 0 unspecified atom stereocenters. The van der Waals surface area contributed by atoms with E-state index in [4.69, 9.17) is 16.6 Å². The minimum absolute atomic E-state index is 0.450. The Morgan fingerprint density at radius 3 is 2.14 bits per heavy atom. The standard InChI is InChI=1S/C22H19ClN6/c23-21-22(27-18-9-5-4-8-17(18)26-21)29-12-10-28(11-13-29)20-14-19(24-15-25-20)16-6-2-1-3-7-16/h1-9,14-15H,10-13H2. The van der Waals surface area contributed by atoms with E-state index in [9.17, 15) is 0 Å². The Kier molecular flexibility index (Phi) is 4.69. The number of hydrogen-bond donors (Lipinski definition) is 0. The smallest absolute Gasteiger partial charge is 0.172 e. The van der Waals surface area contributed by atoms with Gasteiger partial charge in [-0.25, -0.2) is 19.9 Å². The summed E-state index contributed by atoms with van der Waals surface area (Å²) in [5.74, 6) is 1.69. The van der Waals surface area contributed by atoms with Crippen LogP contribution in [0.4, 0.5) is 11.6 Å². The molecule has 2 aromatic heterocycles. The second-order valence-corrected chi connectivity index (χ2v) is 7.29. The van der Waals surface area contributed by atoms with Gasteiger partial charge >= 0.3 is 0 Å². The second-order valence-electron chi connectivity index (χ2n) is 6.93. The van der Waals surface area contributed by atoms with Crippen LogP contribution in [0.3, 0.4) is 0 Å². The number of para-hydroxylation sites is 2.